The lowest BCUT2D eigenvalue weighted by Gasteiger charge is -2.09. The molecule has 82 valence electrons. The van der Waals surface area contributed by atoms with Crippen LogP contribution in [0.15, 0.2) is 10.7 Å². The van der Waals surface area contributed by atoms with Gasteiger partial charge in [0.05, 0.1) is 27.2 Å². The van der Waals surface area contributed by atoms with Crippen LogP contribution in [0.2, 0.25) is 0 Å². The summed E-state index contributed by atoms with van der Waals surface area (Å²) < 4.78 is 24.9. The standard InChI is InChI=1S/C8H5BrClF2NO2/c9-6-4(1-10)13-2-3(7(11)12)5(6)8(14)15/h2,7H,1H2,(H,14,15). The minimum atomic E-state index is -2.88. The fourth-order valence-corrected chi connectivity index (χ4v) is 2.02. The monoisotopic (exact) mass is 299 g/mol. The first-order chi connectivity index (χ1) is 6.99. The van der Waals surface area contributed by atoms with Gasteiger partial charge < -0.3 is 5.11 Å². The van der Waals surface area contributed by atoms with Crippen LogP contribution in [0.5, 0.6) is 0 Å². The number of carbonyl (C=O) groups is 1. The molecule has 1 rings (SSSR count). The lowest BCUT2D eigenvalue weighted by atomic mass is 10.1. The van der Waals surface area contributed by atoms with Gasteiger partial charge in [-0.25, -0.2) is 13.6 Å². The molecule has 1 N–H and O–H groups in total. The molecular formula is C8H5BrClF2NO2. The Morgan fingerprint density at radius 2 is 2.27 bits per heavy atom. The van der Waals surface area contributed by atoms with Gasteiger partial charge in [-0.15, -0.1) is 11.6 Å². The van der Waals surface area contributed by atoms with Gasteiger partial charge in [-0.1, -0.05) is 0 Å². The molecule has 0 aliphatic carbocycles. The van der Waals surface area contributed by atoms with Gasteiger partial charge in [0.25, 0.3) is 6.43 Å². The van der Waals surface area contributed by atoms with Gasteiger partial charge in [0.15, 0.2) is 0 Å². The highest BCUT2D eigenvalue weighted by Crippen LogP contribution is 2.30. The molecule has 1 heterocycles. The summed E-state index contributed by atoms with van der Waals surface area (Å²) in [6, 6.07) is 0. The Labute approximate surface area is 97.2 Å². The Morgan fingerprint density at radius 3 is 2.67 bits per heavy atom. The van der Waals surface area contributed by atoms with Crippen molar-refractivity contribution in [2.24, 2.45) is 0 Å². The first-order valence-corrected chi connectivity index (χ1v) is 5.06. The zero-order valence-electron chi connectivity index (χ0n) is 7.18. The summed E-state index contributed by atoms with van der Waals surface area (Å²) in [5.41, 5.74) is -0.891. The highest BCUT2D eigenvalue weighted by molar-refractivity contribution is 9.10. The van der Waals surface area contributed by atoms with Crippen molar-refractivity contribution in [2.45, 2.75) is 12.3 Å². The normalized spacial score (nSPS) is 10.7. The zero-order chi connectivity index (χ0) is 11.6. The maximum absolute atomic E-state index is 12.4. The number of rotatable bonds is 3. The van der Waals surface area contributed by atoms with Gasteiger partial charge in [-0.2, -0.15) is 0 Å². The van der Waals surface area contributed by atoms with Crippen molar-refractivity contribution < 1.29 is 18.7 Å². The van der Waals surface area contributed by atoms with Gasteiger partial charge in [-0.05, 0) is 15.9 Å². The molecule has 0 atom stereocenters. The van der Waals surface area contributed by atoms with E-state index in [1.807, 2.05) is 0 Å². The molecule has 0 radical (unpaired) electrons. The molecule has 0 spiro atoms. The molecule has 0 saturated heterocycles. The largest absolute Gasteiger partial charge is 0.478 e. The van der Waals surface area contributed by atoms with Crippen molar-refractivity contribution in [1.82, 2.24) is 4.98 Å². The number of halogens is 4. The summed E-state index contributed by atoms with van der Waals surface area (Å²) in [7, 11) is 0. The summed E-state index contributed by atoms with van der Waals surface area (Å²) in [6.45, 7) is 0. The van der Waals surface area contributed by atoms with Crippen molar-refractivity contribution >= 4 is 33.5 Å². The average Bonchev–Trinajstić information content (AvgIpc) is 2.16. The Kier molecular flexibility index (Phi) is 3.98. The maximum Gasteiger partial charge on any atom is 0.337 e. The van der Waals surface area contributed by atoms with Gasteiger partial charge in [0.2, 0.25) is 0 Å². The fraction of sp³-hybridized carbons (Fsp3) is 0.250. The second-order valence-electron chi connectivity index (χ2n) is 2.59. The van der Waals surface area contributed by atoms with Gasteiger partial charge in [-0.3, -0.25) is 4.98 Å². The molecular weight excluding hydrogens is 295 g/mol. The predicted octanol–water partition coefficient (Wildman–Crippen LogP) is 3.22. The minimum Gasteiger partial charge on any atom is -0.478 e. The second-order valence-corrected chi connectivity index (χ2v) is 3.65. The highest BCUT2D eigenvalue weighted by Gasteiger charge is 2.23. The van der Waals surface area contributed by atoms with Crippen molar-refractivity contribution in [1.29, 1.82) is 0 Å². The Morgan fingerprint density at radius 1 is 1.67 bits per heavy atom. The van der Waals surface area contributed by atoms with Crippen LogP contribution < -0.4 is 0 Å². The highest BCUT2D eigenvalue weighted by atomic mass is 79.9. The molecule has 1 aromatic heterocycles. The number of pyridine rings is 1. The Balaban J connectivity index is 3.44. The second kappa shape index (κ2) is 4.85. The first-order valence-electron chi connectivity index (χ1n) is 3.73. The number of aromatic nitrogens is 1. The molecule has 0 fully saturated rings. The lowest BCUT2D eigenvalue weighted by Crippen LogP contribution is -2.07. The summed E-state index contributed by atoms with van der Waals surface area (Å²) in [5, 5.41) is 8.78. The van der Waals surface area contributed by atoms with E-state index < -0.39 is 23.5 Å². The molecule has 0 bridgehead atoms. The van der Waals surface area contributed by atoms with Crippen molar-refractivity contribution in [3.8, 4) is 0 Å². The molecule has 1 aromatic rings. The maximum atomic E-state index is 12.4. The molecule has 3 nitrogen and oxygen atoms in total. The van der Waals surface area contributed by atoms with Gasteiger partial charge >= 0.3 is 5.97 Å². The SMILES string of the molecule is O=C(O)c1c(C(F)F)cnc(CCl)c1Br. The molecule has 0 aromatic carbocycles. The quantitative estimate of drug-likeness (QED) is 0.872. The summed E-state index contributed by atoms with van der Waals surface area (Å²) in [6.07, 6.45) is -2.05. The summed E-state index contributed by atoms with van der Waals surface area (Å²) >= 11 is 8.37. The Hall–Kier alpha value is -0.750. The van der Waals surface area contributed by atoms with E-state index in [2.05, 4.69) is 20.9 Å². The number of carboxylic acid groups (broad SMARTS) is 1. The van der Waals surface area contributed by atoms with Gasteiger partial charge in [0.1, 0.15) is 0 Å². The van der Waals surface area contributed by atoms with Crippen LogP contribution in [-0.4, -0.2) is 16.1 Å². The first kappa shape index (κ1) is 12.3. The van der Waals surface area contributed by atoms with Crippen LogP contribution in [0.4, 0.5) is 8.78 Å². The van der Waals surface area contributed by atoms with E-state index in [-0.39, 0.29) is 16.0 Å². The van der Waals surface area contributed by atoms with E-state index in [1.165, 1.54) is 0 Å². The van der Waals surface area contributed by atoms with E-state index in [0.717, 1.165) is 6.20 Å². The number of nitrogens with zero attached hydrogens (tertiary/aromatic N) is 1. The average molecular weight is 300 g/mol. The smallest absolute Gasteiger partial charge is 0.337 e. The van der Waals surface area contributed by atoms with Crippen LogP contribution in [0.25, 0.3) is 0 Å². The topological polar surface area (TPSA) is 50.2 Å². The molecule has 0 saturated carbocycles. The molecule has 7 heteroatoms. The van der Waals surface area contributed by atoms with E-state index in [1.54, 1.807) is 0 Å². The van der Waals surface area contributed by atoms with Crippen molar-refractivity contribution in [2.75, 3.05) is 0 Å². The van der Waals surface area contributed by atoms with Crippen LogP contribution in [-0.2, 0) is 5.88 Å². The van der Waals surface area contributed by atoms with Crippen molar-refractivity contribution in [3.05, 3.63) is 27.5 Å². The van der Waals surface area contributed by atoms with Crippen LogP contribution in [0.1, 0.15) is 28.0 Å². The number of alkyl halides is 3. The summed E-state index contributed by atoms with van der Waals surface area (Å²) in [4.78, 5) is 14.4. The van der Waals surface area contributed by atoms with Crippen molar-refractivity contribution in [3.63, 3.8) is 0 Å². The van der Waals surface area contributed by atoms with Crippen LogP contribution in [0.3, 0.4) is 0 Å². The minimum absolute atomic E-state index is 0.00259. The number of aromatic carboxylic acids is 1. The third-order valence-corrected chi connectivity index (χ3v) is 2.80. The number of hydrogen-bond donors (Lipinski definition) is 1. The number of carboxylic acids is 1. The zero-order valence-corrected chi connectivity index (χ0v) is 9.52. The fourth-order valence-electron chi connectivity index (χ4n) is 1.02. The van der Waals surface area contributed by atoms with Gasteiger partial charge in [0, 0.05) is 6.20 Å². The molecule has 0 amide bonds. The van der Waals surface area contributed by atoms with E-state index in [4.69, 9.17) is 16.7 Å². The van der Waals surface area contributed by atoms with E-state index in [0.29, 0.717) is 0 Å². The summed E-state index contributed by atoms with van der Waals surface area (Å²) in [5.74, 6) is -1.49. The predicted molar refractivity (Wildman–Crippen MR) is 53.4 cm³/mol. The molecule has 0 aliphatic heterocycles. The molecule has 0 aliphatic rings. The van der Waals surface area contributed by atoms with E-state index >= 15 is 0 Å². The van der Waals surface area contributed by atoms with Crippen LogP contribution in [0, 0.1) is 0 Å². The Bertz CT molecular complexity index is 400. The lowest BCUT2D eigenvalue weighted by molar-refractivity contribution is 0.0683. The molecule has 15 heavy (non-hydrogen) atoms. The van der Waals surface area contributed by atoms with Crippen LogP contribution >= 0.6 is 27.5 Å². The third kappa shape index (κ3) is 2.43. The molecule has 0 unspecified atom stereocenters. The third-order valence-electron chi connectivity index (χ3n) is 1.70. The van der Waals surface area contributed by atoms with E-state index in [9.17, 15) is 13.6 Å². The number of hydrogen-bond acceptors (Lipinski definition) is 2.